The van der Waals surface area contributed by atoms with Gasteiger partial charge in [0.1, 0.15) is 16.9 Å². The lowest BCUT2D eigenvalue weighted by Gasteiger charge is -2.07. The maximum absolute atomic E-state index is 12.5. The number of aryl methyl sites for hydroxylation is 2. The van der Waals surface area contributed by atoms with Gasteiger partial charge in [0.25, 0.3) is 0 Å². The fraction of sp³-hybridized carbons (Fsp3) is 0.150. The zero-order valence-corrected chi connectivity index (χ0v) is 15.6. The number of nitrogens with one attached hydrogen (secondary N) is 1. The van der Waals surface area contributed by atoms with Crippen LogP contribution in [0, 0.1) is 13.8 Å². The van der Waals surface area contributed by atoms with Crippen molar-refractivity contribution in [3.63, 3.8) is 0 Å². The molecular weight excluding hydrogens is 366 g/mol. The molecule has 2 aromatic heterocycles. The summed E-state index contributed by atoms with van der Waals surface area (Å²) >= 11 is 0. The van der Waals surface area contributed by atoms with Crippen molar-refractivity contribution in [2.24, 2.45) is 0 Å². The Labute approximate surface area is 155 Å². The van der Waals surface area contributed by atoms with E-state index in [9.17, 15) is 13.2 Å². The molecule has 27 heavy (non-hydrogen) atoms. The summed E-state index contributed by atoms with van der Waals surface area (Å²) in [5.74, 6) is 0.567. The van der Waals surface area contributed by atoms with Gasteiger partial charge in [-0.2, -0.15) is 0 Å². The van der Waals surface area contributed by atoms with E-state index in [0.29, 0.717) is 27.9 Å². The molecule has 0 amide bonds. The molecule has 0 fully saturated rings. The summed E-state index contributed by atoms with van der Waals surface area (Å²) in [4.78, 5) is 12.0. The third-order valence-corrected chi connectivity index (χ3v) is 5.98. The molecule has 0 saturated heterocycles. The van der Waals surface area contributed by atoms with Gasteiger partial charge >= 0.3 is 5.63 Å². The van der Waals surface area contributed by atoms with Gasteiger partial charge in [-0.25, -0.2) is 17.9 Å². The highest BCUT2D eigenvalue weighted by atomic mass is 32.2. The summed E-state index contributed by atoms with van der Waals surface area (Å²) in [6.45, 7) is 3.61. The number of furan rings is 1. The van der Waals surface area contributed by atoms with Crippen molar-refractivity contribution in [2.75, 3.05) is 0 Å². The van der Waals surface area contributed by atoms with E-state index in [0.717, 1.165) is 10.9 Å². The minimum absolute atomic E-state index is 0.0207. The van der Waals surface area contributed by atoms with Crippen molar-refractivity contribution >= 4 is 32.0 Å². The minimum Gasteiger partial charge on any atom is -0.461 e. The molecule has 0 saturated carbocycles. The van der Waals surface area contributed by atoms with Gasteiger partial charge in [-0.1, -0.05) is 18.2 Å². The van der Waals surface area contributed by atoms with Crippen molar-refractivity contribution in [1.82, 2.24) is 4.72 Å². The van der Waals surface area contributed by atoms with E-state index in [1.807, 2.05) is 13.0 Å². The largest absolute Gasteiger partial charge is 0.461 e. The van der Waals surface area contributed by atoms with Crippen LogP contribution in [0.15, 0.2) is 67.1 Å². The summed E-state index contributed by atoms with van der Waals surface area (Å²) in [7, 11) is -3.68. The molecular formula is C20H17NO5S. The Kier molecular flexibility index (Phi) is 4.13. The van der Waals surface area contributed by atoms with Crippen molar-refractivity contribution in [1.29, 1.82) is 0 Å². The quantitative estimate of drug-likeness (QED) is 0.544. The third-order valence-electron chi connectivity index (χ3n) is 4.56. The normalized spacial score (nSPS) is 12.1. The smallest absolute Gasteiger partial charge is 0.336 e. The van der Waals surface area contributed by atoms with Crippen LogP contribution in [0.1, 0.15) is 16.9 Å². The van der Waals surface area contributed by atoms with E-state index in [1.165, 1.54) is 18.2 Å². The van der Waals surface area contributed by atoms with Gasteiger partial charge in [0, 0.05) is 23.6 Å². The second-order valence-electron chi connectivity index (χ2n) is 6.34. The van der Waals surface area contributed by atoms with Gasteiger partial charge in [-0.15, -0.1) is 0 Å². The second kappa shape index (κ2) is 6.37. The van der Waals surface area contributed by atoms with E-state index < -0.39 is 15.6 Å². The number of fused-ring (bicyclic) bond motifs is 3. The first-order valence-electron chi connectivity index (χ1n) is 8.37. The van der Waals surface area contributed by atoms with E-state index in [1.54, 1.807) is 31.2 Å². The number of sulfonamides is 1. The average molecular weight is 383 g/mol. The van der Waals surface area contributed by atoms with E-state index in [-0.39, 0.29) is 11.4 Å². The van der Waals surface area contributed by atoms with Crippen LogP contribution in [0.2, 0.25) is 0 Å². The van der Waals surface area contributed by atoms with Crippen LogP contribution < -0.4 is 10.3 Å². The molecule has 2 heterocycles. The zero-order chi connectivity index (χ0) is 19.2. The van der Waals surface area contributed by atoms with Crippen molar-refractivity contribution in [3.8, 4) is 0 Å². The average Bonchev–Trinajstić information content (AvgIpc) is 2.96. The lowest BCUT2D eigenvalue weighted by molar-refractivity contribution is 0.561. The molecule has 4 aromatic rings. The fourth-order valence-electron chi connectivity index (χ4n) is 3.20. The Morgan fingerprint density at radius 1 is 1.00 bits per heavy atom. The highest BCUT2D eigenvalue weighted by Gasteiger charge is 2.20. The van der Waals surface area contributed by atoms with Crippen molar-refractivity contribution in [3.05, 3.63) is 75.8 Å². The summed E-state index contributed by atoms with van der Waals surface area (Å²) in [5, 5.41) is 1.40. The summed E-state index contributed by atoms with van der Waals surface area (Å²) in [5.41, 5.74) is 1.93. The minimum atomic E-state index is -3.68. The first kappa shape index (κ1) is 17.5. The maximum Gasteiger partial charge on any atom is 0.336 e. The van der Waals surface area contributed by atoms with Gasteiger partial charge in [0.2, 0.25) is 10.0 Å². The number of benzene rings is 2. The van der Waals surface area contributed by atoms with E-state index >= 15 is 0 Å². The molecule has 138 valence electrons. The van der Waals surface area contributed by atoms with Gasteiger partial charge < -0.3 is 8.83 Å². The molecule has 6 nitrogen and oxygen atoms in total. The molecule has 0 spiro atoms. The summed E-state index contributed by atoms with van der Waals surface area (Å²) in [6.07, 6.45) is 0. The molecule has 7 heteroatoms. The molecule has 0 radical (unpaired) electrons. The number of hydrogen-bond acceptors (Lipinski definition) is 5. The maximum atomic E-state index is 12.5. The molecule has 4 rings (SSSR count). The van der Waals surface area contributed by atoms with Gasteiger partial charge in [-0.05, 0) is 43.7 Å². The van der Waals surface area contributed by atoms with Gasteiger partial charge in [0.05, 0.1) is 10.3 Å². The molecule has 0 bridgehead atoms. The van der Waals surface area contributed by atoms with Crippen LogP contribution >= 0.6 is 0 Å². The van der Waals surface area contributed by atoms with Crippen LogP contribution in [0.3, 0.4) is 0 Å². The first-order valence-corrected chi connectivity index (χ1v) is 9.85. The molecule has 2 aromatic carbocycles. The lowest BCUT2D eigenvalue weighted by atomic mass is 10.1. The van der Waals surface area contributed by atoms with Crippen molar-refractivity contribution in [2.45, 2.75) is 25.3 Å². The number of hydrogen-bond donors (Lipinski definition) is 1. The molecule has 0 aliphatic rings. The molecule has 0 aliphatic carbocycles. The third kappa shape index (κ3) is 3.05. The van der Waals surface area contributed by atoms with Crippen LogP contribution in [0.5, 0.6) is 0 Å². The Balaban J connectivity index is 1.84. The van der Waals surface area contributed by atoms with E-state index in [2.05, 4.69) is 4.72 Å². The fourth-order valence-corrected chi connectivity index (χ4v) is 4.22. The predicted molar refractivity (Wildman–Crippen MR) is 102 cm³/mol. The summed E-state index contributed by atoms with van der Waals surface area (Å²) < 4.78 is 38.9. The SMILES string of the molecule is Cc1oc2ccc3c(C)cc(=O)oc3c2c1CNS(=O)(=O)c1ccccc1. The Bertz CT molecular complexity index is 1320. The van der Waals surface area contributed by atoms with Crippen LogP contribution in [0.4, 0.5) is 0 Å². The standard InChI is InChI=1S/C20H17NO5S/c1-12-10-18(22)26-20-15(12)8-9-17-19(20)16(13(2)25-17)11-21-27(23,24)14-6-4-3-5-7-14/h3-10,21H,11H2,1-2H3. The van der Waals surface area contributed by atoms with Crippen LogP contribution in [-0.4, -0.2) is 8.42 Å². The van der Waals surface area contributed by atoms with Crippen molar-refractivity contribution < 1.29 is 17.3 Å². The highest BCUT2D eigenvalue weighted by Crippen LogP contribution is 2.33. The second-order valence-corrected chi connectivity index (χ2v) is 8.11. The monoisotopic (exact) mass is 383 g/mol. The summed E-state index contributed by atoms with van der Waals surface area (Å²) in [6, 6.07) is 13.2. The van der Waals surface area contributed by atoms with Crippen LogP contribution in [-0.2, 0) is 16.6 Å². The van der Waals surface area contributed by atoms with E-state index in [4.69, 9.17) is 8.83 Å². The van der Waals surface area contributed by atoms with Crippen LogP contribution in [0.25, 0.3) is 21.9 Å². The molecule has 1 N–H and O–H groups in total. The lowest BCUT2D eigenvalue weighted by Crippen LogP contribution is -2.23. The zero-order valence-electron chi connectivity index (χ0n) is 14.8. The molecule has 0 unspecified atom stereocenters. The molecule has 0 atom stereocenters. The Morgan fingerprint density at radius 3 is 2.48 bits per heavy atom. The predicted octanol–water partition coefficient (Wildman–Crippen LogP) is 3.63. The molecule has 0 aliphatic heterocycles. The number of rotatable bonds is 4. The Hall–Kier alpha value is -2.90. The topological polar surface area (TPSA) is 89.5 Å². The highest BCUT2D eigenvalue weighted by molar-refractivity contribution is 7.89. The first-order chi connectivity index (χ1) is 12.9. The van der Waals surface area contributed by atoms with Gasteiger partial charge in [0.15, 0.2) is 0 Å². The Morgan fingerprint density at radius 2 is 1.74 bits per heavy atom. The van der Waals surface area contributed by atoms with Gasteiger partial charge in [-0.3, -0.25) is 0 Å².